The Balaban J connectivity index is 2.15. The summed E-state index contributed by atoms with van der Waals surface area (Å²) >= 11 is 1.56. The summed E-state index contributed by atoms with van der Waals surface area (Å²) in [5, 5.41) is 10.4. The monoisotopic (exact) mass is 226 g/mol. The van der Waals surface area contributed by atoms with E-state index < -0.39 is 12.0 Å². The van der Waals surface area contributed by atoms with Gasteiger partial charge in [0.15, 0.2) is 0 Å². The number of carbonyl (C=O) groups excluding carboxylic acids is 1. The lowest BCUT2D eigenvalue weighted by atomic mass is 10.3. The smallest absolute Gasteiger partial charge is 0.134 e. The predicted octanol–water partition coefficient (Wildman–Crippen LogP) is -1.28. The average Bonchev–Trinajstić information content (AvgIpc) is 2.25. The van der Waals surface area contributed by atoms with Gasteiger partial charge in [-0.25, -0.2) is 0 Å². The van der Waals surface area contributed by atoms with Crippen molar-refractivity contribution in [3.8, 4) is 0 Å². The fourth-order valence-electron chi connectivity index (χ4n) is 1.02. The summed E-state index contributed by atoms with van der Waals surface area (Å²) < 4.78 is 0. The van der Waals surface area contributed by atoms with Gasteiger partial charge in [0.1, 0.15) is 6.04 Å². The lowest BCUT2D eigenvalue weighted by Gasteiger charge is -2.08. The maximum Gasteiger partial charge on any atom is 0.134 e. The molecule has 5 heteroatoms. The first kappa shape index (κ1) is 12.0. The number of aromatic nitrogens is 1. The first-order chi connectivity index (χ1) is 7.20. The van der Waals surface area contributed by atoms with Gasteiger partial charge in [0, 0.05) is 11.9 Å². The molecule has 0 fully saturated rings. The van der Waals surface area contributed by atoms with Gasteiger partial charge in [-0.2, -0.15) is 11.8 Å². The van der Waals surface area contributed by atoms with Crippen molar-refractivity contribution in [2.24, 2.45) is 0 Å². The minimum absolute atomic E-state index is 0.495. The lowest BCUT2D eigenvalue weighted by molar-refractivity contribution is -0.431. The predicted molar refractivity (Wildman–Crippen MR) is 56.9 cm³/mol. The van der Waals surface area contributed by atoms with Crippen LogP contribution in [0.3, 0.4) is 0 Å². The van der Waals surface area contributed by atoms with Gasteiger partial charge < -0.3 is 15.6 Å². The maximum atomic E-state index is 10.4. The third-order valence-corrected chi connectivity index (χ3v) is 3.01. The minimum Gasteiger partial charge on any atom is -0.544 e. The molecule has 0 saturated carbocycles. The molecule has 1 atom stereocenters. The average molecular weight is 226 g/mol. The molecule has 0 aliphatic carbocycles. The summed E-state index contributed by atoms with van der Waals surface area (Å²) in [5.74, 6) is 0.270. The number of quaternary nitrogens is 1. The van der Waals surface area contributed by atoms with Crippen molar-refractivity contribution >= 4 is 17.7 Å². The quantitative estimate of drug-likeness (QED) is 0.612. The Morgan fingerprint density at radius 2 is 2.40 bits per heavy atom. The zero-order chi connectivity index (χ0) is 11.1. The van der Waals surface area contributed by atoms with E-state index in [2.05, 4.69) is 10.7 Å². The molecule has 0 radical (unpaired) electrons. The van der Waals surface area contributed by atoms with E-state index in [9.17, 15) is 9.90 Å². The number of aliphatic carboxylic acids is 1. The maximum absolute atomic E-state index is 10.4. The van der Waals surface area contributed by atoms with E-state index in [1.54, 1.807) is 18.0 Å². The normalized spacial score (nSPS) is 12.3. The summed E-state index contributed by atoms with van der Waals surface area (Å²) in [7, 11) is 0. The number of carboxylic acid groups (broad SMARTS) is 1. The van der Waals surface area contributed by atoms with Crippen LogP contribution in [0.25, 0.3) is 0 Å². The second-order valence-corrected chi connectivity index (χ2v) is 4.31. The Morgan fingerprint density at radius 1 is 1.60 bits per heavy atom. The van der Waals surface area contributed by atoms with E-state index in [1.165, 1.54) is 0 Å². The summed E-state index contributed by atoms with van der Waals surface area (Å²) in [6.07, 6.45) is 2.61. The highest BCUT2D eigenvalue weighted by Crippen LogP contribution is 2.05. The van der Waals surface area contributed by atoms with Crippen LogP contribution in [0, 0.1) is 0 Å². The molecule has 0 bridgehead atoms. The van der Waals surface area contributed by atoms with Crippen LogP contribution < -0.4 is 10.8 Å². The second kappa shape index (κ2) is 6.42. The molecule has 0 aromatic carbocycles. The van der Waals surface area contributed by atoms with Crippen LogP contribution in [0.15, 0.2) is 24.4 Å². The van der Waals surface area contributed by atoms with Crippen LogP contribution >= 0.6 is 11.8 Å². The standard InChI is InChI=1S/C10H14N2O2S/c11-9(10(13)14)7-15-6-4-8-3-1-2-5-12-8/h1-3,5,9H,4,6-7,11H2,(H,13,14)/t9-/m1/s1. The molecule has 3 N–H and O–H groups in total. The molecule has 1 aromatic heterocycles. The third-order valence-electron chi connectivity index (χ3n) is 1.88. The molecule has 0 unspecified atom stereocenters. The van der Waals surface area contributed by atoms with Crippen LogP contribution in [0.5, 0.6) is 0 Å². The Labute approximate surface area is 92.9 Å². The molecule has 0 aliphatic heterocycles. The van der Waals surface area contributed by atoms with Crippen molar-refractivity contribution in [1.29, 1.82) is 0 Å². The summed E-state index contributed by atoms with van der Waals surface area (Å²) in [5.41, 5.74) is 4.51. The Hall–Kier alpha value is -1.07. The Bertz CT molecular complexity index is 306. The molecule has 1 heterocycles. The first-order valence-corrected chi connectivity index (χ1v) is 5.87. The van der Waals surface area contributed by atoms with E-state index >= 15 is 0 Å². The summed E-state index contributed by atoms with van der Waals surface area (Å²) in [4.78, 5) is 14.5. The first-order valence-electron chi connectivity index (χ1n) is 4.71. The summed E-state index contributed by atoms with van der Waals surface area (Å²) in [6.45, 7) is 0. The number of carbonyl (C=O) groups is 1. The van der Waals surface area contributed by atoms with Crippen molar-refractivity contribution in [2.75, 3.05) is 11.5 Å². The van der Waals surface area contributed by atoms with Gasteiger partial charge in [-0.3, -0.25) is 4.98 Å². The molecule has 0 spiro atoms. The molecular formula is C10H14N2O2S. The fourth-order valence-corrected chi connectivity index (χ4v) is 1.96. The zero-order valence-corrected chi connectivity index (χ0v) is 9.20. The third kappa shape index (κ3) is 4.80. The summed E-state index contributed by atoms with van der Waals surface area (Å²) in [6, 6.07) is 5.15. The van der Waals surface area contributed by atoms with E-state index in [-0.39, 0.29) is 0 Å². The van der Waals surface area contributed by atoms with E-state index in [4.69, 9.17) is 0 Å². The molecule has 0 amide bonds. The van der Waals surface area contributed by atoms with Crippen molar-refractivity contribution in [2.45, 2.75) is 12.5 Å². The molecule has 4 nitrogen and oxygen atoms in total. The van der Waals surface area contributed by atoms with Crippen molar-refractivity contribution in [1.82, 2.24) is 4.98 Å². The van der Waals surface area contributed by atoms with Crippen LogP contribution in [0.1, 0.15) is 5.69 Å². The SMILES string of the molecule is [NH3+][C@H](CSCCc1ccccn1)C(=O)[O-]. The highest BCUT2D eigenvalue weighted by molar-refractivity contribution is 7.99. The van der Waals surface area contributed by atoms with E-state index in [0.29, 0.717) is 5.75 Å². The number of hydrogen-bond donors (Lipinski definition) is 1. The van der Waals surface area contributed by atoms with E-state index in [1.807, 2.05) is 18.2 Å². The van der Waals surface area contributed by atoms with Crippen molar-refractivity contribution in [3.63, 3.8) is 0 Å². The molecule has 1 rings (SSSR count). The molecule has 15 heavy (non-hydrogen) atoms. The van der Waals surface area contributed by atoms with Gasteiger partial charge in [0.2, 0.25) is 0 Å². The van der Waals surface area contributed by atoms with Gasteiger partial charge >= 0.3 is 0 Å². The number of thioether (sulfide) groups is 1. The topological polar surface area (TPSA) is 80.7 Å². The number of hydrogen-bond acceptors (Lipinski definition) is 4. The van der Waals surface area contributed by atoms with Crippen LogP contribution in [0.2, 0.25) is 0 Å². The van der Waals surface area contributed by atoms with Crippen molar-refractivity contribution in [3.05, 3.63) is 30.1 Å². The largest absolute Gasteiger partial charge is 0.544 e. The highest BCUT2D eigenvalue weighted by Gasteiger charge is 2.06. The number of carboxylic acids is 1. The number of pyridine rings is 1. The number of rotatable bonds is 6. The molecule has 0 aliphatic rings. The number of aryl methyl sites for hydroxylation is 1. The zero-order valence-electron chi connectivity index (χ0n) is 8.39. The van der Waals surface area contributed by atoms with Crippen LogP contribution in [-0.2, 0) is 11.2 Å². The van der Waals surface area contributed by atoms with Gasteiger partial charge in [-0.1, -0.05) is 6.07 Å². The van der Waals surface area contributed by atoms with Crippen LogP contribution in [0.4, 0.5) is 0 Å². The van der Waals surface area contributed by atoms with E-state index in [0.717, 1.165) is 17.9 Å². The Morgan fingerprint density at radius 3 is 3.00 bits per heavy atom. The fraction of sp³-hybridized carbons (Fsp3) is 0.400. The molecule has 1 aromatic rings. The second-order valence-electron chi connectivity index (χ2n) is 3.16. The molecular weight excluding hydrogens is 212 g/mol. The minimum atomic E-state index is -1.08. The van der Waals surface area contributed by atoms with Gasteiger partial charge in [0.05, 0.1) is 11.7 Å². The highest BCUT2D eigenvalue weighted by atomic mass is 32.2. The lowest BCUT2D eigenvalue weighted by Crippen LogP contribution is -2.69. The number of nitrogens with zero attached hydrogens (tertiary/aromatic N) is 1. The molecule has 82 valence electrons. The Kier molecular flexibility index (Phi) is 5.14. The molecule has 0 saturated heterocycles. The van der Waals surface area contributed by atoms with Crippen LogP contribution in [-0.4, -0.2) is 28.5 Å². The van der Waals surface area contributed by atoms with Gasteiger partial charge in [0.25, 0.3) is 0 Å². The van der Waals surface area contributed by atoms with Gasteiger partial charge in [-0.05, 0) is 24.3 Å². The van der Waals surface area contributed by atoms with Gasteiger partial charge in [-0.15, -0.1) is 0 Å². The van der Waals surface area contributed by atoms with Crippen molar-refractivity contribution < 1.29 is 15.6 Å².